The van der Waals surface area contributed by atoms with Crippen LogP contribution in [0.15, 0.2) is 42.5 Å². The highest BCUT2D eigenvalue weighted by Crippen LogP contribution is 2.41. The molecule has 7 heteroatoms. The van der Waals surface area contributed by atoms with Gasteiger partial charge in [0.25, 0.3) is 0 Å². The van der Waals surface area contributed by atoms with E-state index in [1.807, 2.05) is 25.1 Å². The number of alkyl halides is 3. The molecule has 4 nitrogen and oxygen atoms in total. The van der Waals surface area contributed by atoms with Gasteiger partial charge in [0, 0.05) is 29.6 Å². The number of nitrogens with zero attached hydrogens (tertiary/aromatic N) is 1. The first-order valence-electron chi connectivity index (χ1n) is 10.5. The second-order valence-electron chi connectivity index (χ2n) is 7.90. The number of carbonyl (C=O) groups is 1. The zero-order valence-corrected chi connectivity index (χ0v) is 17.6. The Morgan fingerprint density at radius 2 is 2.03 bits per heavy atom. The molecule has 0 saturated heterocycles. The van der Waals surface area contributed by atoms with Gasteiger partial charge in [0.2, 0.25) is 5.91 Å². The van der Waals surface area contributed by atoms with Gasteiger partial charge in [-0.25, -0.2) is 0 Å². The van der Waals surface area contributed by atoms with Gasteiger partial charge >= 0.3 is 6.18 Å². The van der Waals surface area contributed by atoms with Crippen LogP contribution in [-0.2, 0) is 17.4 Å². The lowest BCUT2D eigenvalue weighted by atomic mass is 9.91. The summed E-state index contributed by atoms with van der Waals surface area (Å²) in [4.78, 5) is 18.1. The highest BCUT2D eigenvalue weighted by atomic mass is 19.4. The van der Waals surface area contributed by atoms with Crippen molar-refractivity contribution in [1.29, 1.82) is 0 Å². The average molecular weight is 430 g/mol. The largest absolute Gasteiger partial charge is 0.497 e. The molecule has 0 aliphatic carbocycles. The zero-order chi connectivity index (χ0) is 22.2. The zero-order valence-electron chi connectivity index (χ0n) is 17.6. The lowest BCUT2D eigenvalue weighted by Crippen LogP contribution is -2.40. The van der Waals surface area contributed by atoms with E-state index in [4.69, 9.17) is 4.74 Å². The van der Waals surface area contributed by atoms with Gasteiger partial charge in [-0.05, 0) is 54.3 Å². The summed E-state index contributed by atoms with van der Waals surface area (Å²) in [5.74, 6) is 0.678. The number of aromatic nitrogens is 1. The molecule has 0 radical (unpaired) electrons. The minimum atomic E-state index is -4.45. The summed E-state index contributed by atoms with van der Waals surface area (Å²) in [7, 11) is 1.60. The van der Waals surface area contributed by atoms with Crippen molar-refractivity contribution in [2.45, 2.75) is 44.8 Å². The number of carbonyl (C=O) groups excluding carboxylic acids is 1. The van der Waals surface area contributed by atoms with E-state index in [1.54, 1.807) is 18.1 Å². The Morgan fingerprint density at radius 3 is 2.74 bits per heavy atom. The van der Waals surface area contributed by atoms with Crippen molar-refractivity contribution in [3.05, 3.63) is 64.8 Å². The summed E-state index contributed by atoms with van der Waals surface area (Å²) in [5.41, 5.74) is 2.43. The Kier molecular flexibility index (Phi) is 5.69. The van der Waals surface area contributed by atoms with E-state index in [9.17, 15) is 18.0 Å². The smallest absolute Gasteiger partial charge is 0.416 e. The molecule has 0 fully saturated rings. The van der Waals surface area contributed by atoms with Crippen LogP contribution in [-0.4, -0.2) is 29.4 Å². The molecule has 3 aromatic rings. The first-order valence-corrected chi connectivity index (χ1v) is 10.5. The summed E-state index contributed by atoms with van der Waals surface area (Å²) >= 11 is 0. The molecule has 1 aromatic heterocycles. The number of hydrogen-bond acceptors (Lipinski definition) is 2. The Balaban J connectivity index is 1.86. The summed E-state index contributed by atoms with van der Waals surface area (Å²) in [6, 6.07) is 10.4. The third kappa shape index (κ3) is 4.01. The van der Waals surface area contributed by atoms with Crippen LogP contribution in [0.3, 0.4) is 0 Å². The molecule has 1 N–H and O–H groups in total. The monoisotopic (exact) mass is 430 g/mol. The molecule has 0 unspecified atom stereocenters. The number of benzene rings is 2. The van der Waals surface area contributed by atoms with Crippen LogP contribution in [0.2, 0.25) is 0 Å². The second-order valence-corrected chi connectivity index (χ2v) is 7.90. The molecule has 31 heavy (non-hydrogen) atoms. The number of H-pyrrole nitrogens is 1. The van der Waals surface area contributed by atoms with Crippen LogP contribution >= 0.6 is 0 Å². The number of ether oxygens (including phenoxy) is 1. The van der Waals surface area contributed by atoms with Crippen molar-refractivity contribution in [1.82, 2.24) is 9.88 Å². The van der Waals surface area contributed by atoms with E-state index in [-0.39, 0.29) is 5.91 Å². The van der Waals surface area contributed by atoms with E-state index in [0.717, 1.165) is 47.1 Å². The quantitative estimate of drug-likeness (QED) is 0.551. The molecule has 0 saturated carbocycles. The van der Waals surface area contributed by atoms with Crippen LogP contribution < -0.4 is 4.74 Å². The number of methoxy groups -OCH3 is 1. The molecule has 1 aliphatic heterocycles. The molecule has 1 atom stereocenters. The molecular formula is C24H25F3N2O2. The van der Waals surface area contributed by atoms with Crippen LogP contribution in [0.1, 0.15) is 54.6 Å². The maximum atomic E-state index is 13.4. The fraction of sp³-hybridized carbons (Fsp3) is 0.375. The van der Waals surface area contributed by atoms with Crippen LogP contribution in [0, 0.1) is 0 Å². The SMILES string of the molecule is CCCCC(=O)N1CCc2c([nH]c3ccc(OC)cc23)[C@@H]1c1cccc(C(F)(F)F)c1. The first-order chi connectivity index (χ1) is 14.8. The third-order valence-corrected chi connectivity index (χ3v) is 5.93. The molecule has 2 aromatic carbocycles. The number of hydrogen-bond donors (Lipinski definition) is 1. The Morgan fingerprint density at radius 1 is 1.23 bits per heavy atom. The van der Waals surface area contributed by atoms with Crippen molar-refractivity contribution < 1.29 is 22.7 Å². The third-order valence-electron chi connectivity index (χ3n) is 5.93. The van der Waals surface area contributed by atoms with Crippen LogP contribution in [0.5, 0.6) is 5.75 Å². The van der Waals surface area contributed by atoms with E-state index in [2.05, 4.69) is 4.98 Å². The second kappa shape index (κ2) is 8.29. The predicted octanol–water partition coefficient (Wildman–Crippen LogP) is 5.86. The van der Waals surface area contributed by atoms with Crippen molar-refractivity contribution in [3.8, 4) is 5.75 Å². The lowest BCUT2D eigenvalue weighted by molar-refractivity contribution is -0.137. The summed E-state index contributed by atoms with van der Waals surface area (Å²) in [5, 5.41) is 0.979. The van der Waals surface area contributed by atoms with Gasteiger partial charge in [0.05, 0.1) is 18.7 Å². The van der Waals surface area contributed by atoms with Gasteiger partial charge in [-0.15, -0.1) is 0 Å². The van der Waals surface area contributed by atoms with Gasteiger partial charge in [-0.2, -0.15) is 13.2 Å². The molecule has 0 bridgehead atoms. The fourth-order valence-corrected chi connectivity index (χ4v) is 4.37. The van der Waals surface area contributed by atoms with Gasteiger partial charge in [0.1, 0.15) is 5.75 Å². The number of amides is 1. The fourth-order valence-electron chi connectivity index (χ4n) is 4.37. The van der Waals surface area contributed by atoms with Gasteiger partial charge in [-0.1, -0.05) is 25.5 Å². The van der Waals surface area contributed by atoms with E-state index < -0.39 is 17.8 Å². The maximum Gasteiger partial charge on any atom is 0.416 e. The highest BCUT2D eigenvalue weighted by molar-refractivity contribution is 5.88. The minimum Gasteiger partial charge on any atom is -0.497 e. The number of fused-ring (bicyclic) bond motifs is 3. The Hall–Kier alpha value is -2.96. The normalized spacial score (nSPS) is 16.4. The van der Waals surface area contributed by atoms with Crippen molar-refractivity contribution >= 4 is 16.8 Å². The molecule has 2 heterocycles. The van der Waals surface area contributed by atoms with Gasteiger partial charge in [-0.3, -0.25) is 4.79 Å². The Bertz CT molecular complexity index is 1100. The summed E-state index contributed by atoms with van der Waals surface area (Å²) in [6.07, 6.45) is -1.80. The van der Waals surface area contributed by atoms with E-state index >= 15 is 0 Å². The highest BCUT2D eigenvalue weighted by Gasteiger charge is 2.36. The predicted molar refractivity (Wildman–Crippen MR) is 113 cm³/mol. The average Bonchev–Trinajstić information content (AvgIpc) is 3.14. The molecule has 4 rings (SSSR count). The number of unbranched alkanes of at least 4 members (excludes halogenated alkanes) is 1. The lowest BCUT2D eigenvalue weighted by Gasteiger charge is -2.36. The topological polar surface area (TPSA) is 45.3 Å². The molecule has 1 aliphatic rings. The van der Waals surface area contributed by atoms with Gasteiger partial charge in [0.15, 0.2) is 0 Å². The van der Waals surface area contributed by atoms with Crippen molar-refractivity contribution in [2.24, 2.45) is 0 Å². The standard InChI is InChI=1S/C24H25F3N2O2/c1-3-4-8-21(30)29-12-11-18-19-14-17(31-2)9-10-20(19)28-22(18)23(29)15-6-5-7-16(13-15)24(25,26)27/h5-7,9-10,13-14,23,28H,3-4,8,11-12H2,1-2H3/t23-/m0/s1. The molecular weight excluding hydrogens is 405 g/mol. The van der Waals surface area contributed by atoms with E-state index in [0.29, 0.717) is 30.7 Å². The molecule has 1 amide bonds. The van der Waals surface area contributed by atoms with E-state index in [1.165, 1.54) is 6.07 Å². The van der Waals surface area contributed by atoms with Crippen molar-refractivity contribution in [2.75, 3.05) is 13.7 Å². The molecule has 0 spiro atoms. The number of nitrogens with one attached hydrogen (secondary N) is 1. The number of rotatable bonds is 5. The van der Waals surface area contributed by atoms with Crippen LogP contribution in [0.25, 0.3) is 10.9 Å². The molecule has 164 valence electrons. The van der Waals surface area contributed by atoms with Gasteiger partial charge < -0.3 is 14.6 Å². The number of halogens is 3. The van der Waals surface area contributed by atoms with Crippen molar-refractivity contribution in [3.63, 3.8) is 0 Å². The number of aromatic amines is 1. The summed E-state index contributed by atoms with van der Waals surface area (Å²) < 4.78 is 45.6. The first kappa shape index (κ1) is 21.3. The maximum absolute atomic E-state index is 13.4. The van der Waals surface area contributed by atoms with Crippen LogP contribution in [0.4, 0.5) is 13.2 Å². The summed E-state index contributed by atoms with van der Waals surface area (Å²) in [6.45, 7) is 2.47. The minimum absolute atomic E-state index is 0.0360. The Labute approximate surface area is 179 Å².